The highest BCUT2D eigenvalue weighted by Crippen LogP contribution is 2.20. The van der Waals surface area contributed by atoms with E-state index in [4.69, 9.17) is 5.11 Å². The largest absolute Gasteiger partial charge is 0.475 e. The van der Waals surface area contributed by atoms with Gasteiger partial charge in [-0.05, 0) is 24.3 Å². The number of hydrogen-bond acceptors (Lipinski definition) is 4. The van der Waals surface area contributed by atoms with Crippen LogP contribution in [0.2, 0.25) is 0 Å². The van der Waals surface area contributed by atoms with Gasteiger partial charge in [0.1, 0.15) is 0 Å². The Balaban J connectivity index is 2.41. The smallest absolute Gasteiger partial charge is 0.377 e. The van der Waals surface area contributed by atoms with Crippen LogP contribution in [0.5, 0.6) is 0 Å². The number of sulfonamides is 1. The van der Waals surface area contributed by atoms with E-state index >= 15 is 0 Å². The van der Waals surface area contributed by atoms with Gasteiger partial charge < -0.3 is 5.11 Å². The van der Waals surface area contributed by atoms with Gasteiger partial charge in [0, 0.05) is 0 Å². The Morgan fingerprint density at radius 2 is 1.48 bits per heavy atom. The highest BCUT2D eigenvalue weighted by atomic mass is 32.2. The predicted octanol–water partition coefficient (Wildman–Crippen LogP) is 1.75. The molecule has 0 aliphatic carbocycles. The average molecular weight is 305 g/mol. The minimum absolute atomic E-state index is 0.0163. The number of aliphatic carboxylic acids is 1. The van der Waals surface area contributed by atoms with Gasteiger partial charge in [-0.3, -0.25) is 9.52 Å². The molecule has 108 valence electrons. The summed E-state index contributed by atoms with van der Waals surface area (Å²) in [6.07, 6.45) is 0. The maximum absolute atomic E-state index is 12.2. The molecule has 0 saturated heterocycles. The van der Waals surface area contributed by atoms with Crippen LogP contribution in [0, 0.1) is 0 Å². The quantitative estimate of drug-likeness (QED) is 0.647. The van der Waals surface area contributed by atoms with Crippen LogP contribution in [0.4, 0.5) is 5.69 Å². The molecule has 2 rings (SSSR count). The van der Waals surface area contributed by atoms with Crippen molar-refractivity contribution in [2.75, 3.05) is 4.72 Å². The lowest BCUT2D eigenvalue weighted by molar-refractivity contribution is -0.131. The number of carbonyl (C=O) groups is 2. The fraction of sp³-hybridized carbons (Fsp3) is 0. The number of benzene rings is 2. The van der Waals surface area contributed by atoms with E-state index in [0.717, 1.165) is 0 Å². The number of rotatable bonds is 5. The third-order valence-electron chi connectivity index (χ3n) is 2.66. The molecule has 6 nitrogen and oxygen atoms in total. The normalized spacial score (nSPS) is 10.9. The number of ketones is 1. The summed E-state index contributed by atoms with van der Waals surface area (Å²) < 4.78 is 26.6. The first kappa shape index (κ1) is 14.7. The summed E-state index contributed by atoms with van der Waals surface area (Å²) in [4.78, 5) is 22.3. The fourth-order valence-corrected chi connectivity index (χ4v) is 2.79. The van der Waals surface area contributed by atoms with Gasteiger partial charge in [-0.2, -0.15) is 0 Å². The molecular weight excluding hydrogens is 294 g/mol. The molecule has 0 bridgehead atoms. The highest BCUT2D eigenvalue weighted by molar-refractivity contribution is 7.92. The zero-order valence-corrected chi connectivity index (χ0v) is 11.5. The van der Waals surface area contributed by atoms with Crippen molar-refractivity contribution in [1.29, 1.82) is 0 Å². The number of carboxylic acid groups (broad SMARTS) is 1. The Labute approximate surface area is 121 Å². The van der Waals surface area contributed by atoms with Gasteiger partial charge in [0.05, 0.1) is 16.1 Å². The molecule has 0 amide bonds. The minimum Gasteiger partial charge on any atom is -0.475 e. The highest BCUT2D eigenvalue weighted by Gasteiger charge is 2.21. The van der Waals surface area contributed by atoms with Crippen molar-refractivity contribution in [1.82, 2.24) is 0 Å². The fourth-order valence-electron chi connectivity index (χ4n) is 1.69. The monoisotopic (exact) mass is 305 g/mol. The Morgan fingerprint density at radius 1 is 0.905 bits per heavy atom. The molecule has 0 aromatic heterocycles. The predicted molar refractivity (Wildman–Crippen MR) is 75.7 cm³/mol. The van der Waals surface area contributed by atoms with Crippen molar-refractivity contribution in [3.8, 4) is 0 Å². The summed E-state index contributed by atoms with van der Waals surface area (Å²) in [6.45, 7) is 0. The molecule has 0 fully saturated rings. The zero-order chi connectivity index (χ0) is 15.5. The second-order valence-corrected chi connectivity index (χ2v) is 5.78. The summed E-state index contributed by atoms with van der Waals surface area (Å²) in [7, 11) is -3.89. The third kappa shape index (κ3) is 3.26. The van der Waals surface area contributed by atoms with Crippen molar-refractivity contribution in [2.24, 2.45) is 0 Å². The number of nitrogens with one attached hydrogen (secondary N) is 1. The first-order valence-corrected chi connectivity index (χ1v) is 7.34. The summed E-state index contributed by atoms with van der Waals surface area (Å²) in [5.41, 5.74) is -0.293. The summed E-state index contributed by atoms with van der Waals surface area (Å²) in [5.74, 6) is -2.83. The Bertz CT molecular complexity index is 784. The average Bonchev–Trinajstić information content (AvgIpc) is 2.47. The SMILES string of the molecule is O=C(O)C(=O)c1ccccc1NS(=O)(=O)c1ccccc1. The maximum atomic E-state index is 12.2. The molecule has 7 heteroatoms. The number of hydrogen-bond donors (Lipinski definition) is 2. The number of anilines is 1. The standard InChI is InChI=1S/C14H11NO5S/c16-13(14(17)18)11-8-4-5-9-12(11)15-21(19,20)10-6-2-1-3-7-10/h1-9,15H,(H,17,18). The molecule has 0 atom stereocenters. The minimum atomic E-state index is -3.89. The van der Waals surface area contributed by atoms with E-state index in [0.29, 0.717) is 0 Å². The van der Waals surface area contributed by atoms with E-state index in [2.05, 4.69) is 4.72 Å². The molecular formula is C14H11NO5S. The van der Waals surface area contributed by atoms with E-state index in [9.17, 15) is 18.0 Å². The first-order valence-electron chi connectivity index (χ1n) is 5.86. The van der Waals surface area contributed by atoms with Gasteiger partial charge in [0.25, 0.3) is 15.8 Å². The molecule has 2 aromatic carbocycles. The number of carbonyl (C=O) groups excluding carboxylic acids is 1. The zero-order valence-electron chi connectivity index (χ0n) is 10.7. The van der Waals surface area contributed by atoms with Crippen molar-refractivity contribution in [3.05, 3.63) is 60.2 Å². The van der Waals surface area contributed by atoms with Crippen LogP contribution in [0.15, 0.2) is 59.5 Å². The van der Waals surface area contributed by atoms with Crippen LogP contribution >= 0.6 is 0 Å². The van der Waals surface area contributed by atoms with E-state index in [1.165, 1.54) is 36.4 Å². The molecule has 2 N–H and O–H groups in total. The second kappa shape index (κ2) is 5.76. The molecule has 21 heavy (non-hydrogen) atoms. The lowest BCUT2D eigenvalue weighted by Gasteiger charge is -2.10. The van der Waals surface area contributed by atoms with E-state index < -0.39 is 21.8 Å². The van der Waals surface area contributed by atoms with Gasteiger partial charge in [-0.1, -0.05) is 30.3 Å². The lowest BCUT2D eigenvalue weighted by Crippen LogP contribution is -2.18. The number of carboxylic acids is 1. The van der Waals surface area contributed by atoms with Crippen LogP contribution in [-0.4, -0.2) is 25.3 Å². The molecule has 0 saturated carbocycles. The van der Waals surface area contributed by atoms with Crippen molar-refractivity contribution in [3.63, 3.8) is 0 Å². The molecule has 0 spiro atoms. The van der Waals surface area contributed by atoms with E-state index in [1.807, 2.05) is 0 Å². The molecule has 0 aliphatic heterocycles. The van der Waals surface area contributed by atoms with Crippen LogP contribution in [0.1, 0.15) is 10.4 Å². The second-order valence-electron chi connectivity index (χ2n) is 4.10. The van der Waals surface area contributed by atoms with Crippen molar-refractivity contribution >= 4 is 27.5 Å². The summed E-state index contributed by atoms with van der Waals surface area (Å²) in [6, 6.07) is 13.1. The van der Waals surface area contributed by atoms with Crippen molar-refractivity contribution in [2.45, 2.75) is 4.90 Å². The van der Waals surface area contributed by atoms with Crippen LogP contribution in [-0.2, 0) is 14.8 Å². The molecule has 0 heterocycles. The van der Waals surface area contributed by atoms with Gasteiger partial charge in [0.15, 0.2) is 0 Å². The topological polar surface area (TPSA) is 101 Å². The molecule has 2 aromatic rings. The lowest BCUT2D eigenvalue weighted by atomic mass is 10.1. The van der Waals surface area contributed by atoms with Gasteiger partial charge in [0.2, 0.25) is 0 Å². The Kier molecular flexibility index (Phi) is 4.04. The van der Waals surface area contributed by atoms with Crippen molar-refractivity contribution < 1.29 is 23.1 Å². The van der Waals surface area contributed by atoms with Crippen LogP contribution < -0.4 is 4.72 Å². The van der Waals surface area contributed by atoms with Gasteiger partial charge in [-0.15, -0.1) is 0 Å². The summed E-state index contributed by atoms with van der Waals surface area (Å²) in [5, 5.41) is 8.75. The molecule has 0 aliphatic rings. The molecule has 0 unspecified atom stereocenters. The van der Waals surface area contributed by atoms with E-state index in [-0.39, 0.29) is 16.1 Å². The Morgan fingerprint density at radius 3 is 2.10 bits per heavy atom. The van der Waals surface area contributed by atoms with Crippen LogP contribution in [0.25, 0.3) is 0 Å². The van der Waals surface area contributed by atoms with Gasteiger partial charge in [-0.25, -0.2) is 13.2 Å². The third-order valence-corrected chi connectivity index (χ3v) is 4.05. The molecule has 0 radical (unpaired) electrons. The van der Waals surface area contributed by atoms with E-state index in [1.54, 1.807) is 18.2 Å². The number of Topliss-reactive ketones (excluding diaryl/α,β-unsaturated/α-hetero) is 1. The van der Waals surface area contributed by atoms with Crippen LogP contribution in [0.3, 0.4) is 0 Å². The summed E-state index contributed by atoms with van der Waals surface area (Å²) >= 11 is 0. The Hall–Kier alpha value is -2.67. The number of para-hydroxylation sites is 1. The maximum Gasteiger partial charge on any atom is 0.377 e. The first-order chi connectivity index (χ1) is 9.92. The van der Waals surface area contributed by atoms with Gasteiger partial charge >= 0.3 is 5.97 Å².